The van der Waals surface area contributed by atoms with Crippen molar-refractivity contribution in [3.63, 3.8) is 0 Å². The molecule has 1 amide bonds. The summed E-state index contributed by atoms with van der Waals surface area (Å²) in [5, 5.41) is 16.5. The van der Waals surface area contributed by atoms with Gasteiger partial charge in [-0.25, -0.2) is 4.68 Å². The highest BCUT2D eigenvalue weighted by atomic mass is 35.5. The maximum atomic E-state index is 12.8. The van der Waals surface area contributed by atoms with Gasteiger partial charge in [-0.3, -0.25) is 9.78 Å². The Kier molecular flexibility index (Phi) is 5.40. The SMILES string of the molecule is Cc1cnc2c(NC(=O)c3c(Cl)cccc3Cl)cccc2c1Sc1nnnn1C. The van der Waals surface area contributed by atoms with E-state index in [1.807, 2.05) is 19.1 Å². The number of tetrazole rings is 1. The number of pyridine rings is 1. The first-order chi connectivity index (χ1) is 14.0. The average molecular weight is 445 g/mol. The van der Waals surface area contributed by atoms with Crippen LogP contribution in [0.4, 0.5) is 5.69 Å². The Morgan fingerprint density at radius 3 is 2.55 bits per heavy atom. The summed E-state index contributed by atoms with van der Waals surface area (Å²) >= 11 is 13.8. The third kappa shape index (κ3) is 3.78. The van der Waals surface area contributed by atoms with Gasteiger partial charge in [0, 0.05) is 23.5 Å². The van der Waals surface area contributed by atoms with Crippen LogP contribution in [0.5, 0.6) is 0 Å². The van der Waals surface area contributed by atoms with Crippen molar-refractivity contribution < 1.29 is 4.79 Å². The van der Waals surface area contributed by atoms with Crippen LogP contribution < -0.4 is 5.32 Å². The molecule has 4 rings (SSSR count). The minimum Gasteiger partial charge on any atom is -0.320 e. The lowest BCUT2D eigenvalue weighted by atomic mass is 10.1. The van der Waals surface area contributed by atoms with Crippen molar-refractivity contribution in [2.75, 3.05) is 5.32 Å². The van der Waals surface area contributed by atoms with Gasteiger partial charge < -0.3 is 5.32 Å². The van der Waals surface area contributed by atoms with E-state index in [1.54, 1.807) is 42.2 Å². The number of amides is 1. The molecule has 29 heavy (non-hydrogen) atoms. The molecule has 0 atom stereocenters. The summed E-state index contributed by atoms with van der Waals surface area (Å²) in [4.78, 5) is 18.3. The Bertz CT molecular complexity index is 1220. The van der Waals surface area contributed by atoms with Gasteiger partial charge in [0.2, 0.25) is 5.16 Å². The average Bonchev–Trinajstić information content (AvgIpc) is 3.09. The van der Waals surface area contributed by atoms with Gasteiger partial charge in [0.15, 0.2) is 0 Å². The molecule has 0 radical (unpaired) electrons. The molecule has 0 saturated heterocycles. The van der Waals surface area contributed by atoms with Crippen molar-refractivity contribution in [3.05, 3.63) is 63.8 Å². The summed E-state index contributed by atoms with van der Waals surface area (Å²) in [6, 6.07) is 10.5. The van der Waals surface area contributed by atoms with E-state index in [0.29, 0.717) is 16.4 Å². The highest BCUT2D eigenvalue weighted by Gasteiger charge is 2.18. The molecule has 0 spiro atoms. The van der Waals surface area contributed by atoms with Gasteiger partial charge in [0.25, 0.3) is 5.91 Å². The maximum absolute atomic E-state index is 12.8. The molecule has 0 bridgehead atoms. The van der Waals surface area contributed by atoms with Gasteiger partial charge in [-0.2, -0.15) is 0 Å². The number of aryl methyl sites for hydroxylation is 2. The standard InChI is InChI=1S/C19H14Cl2N6OS/c1-10-9-22-16-11(17(10)29-19-24-25-26-27(19)2)5-3-8-14(16)23-18(28)15-12(20)6-4-7-13(15)21/h3-9H,1-2H3,(H,23,28). The lowest BCUT2D eigenvalue weighted by molar-refractivity contribution is 0.102. The second-order valence-electron chi connectivity index (χ2n) is 6.21. The molecular weight excluding hydrogens is 431 g/mol. The fraction of sp³-hybridized carbons (Fsp3) is 0.105. The number of benzene rings is 2. The number of nitrogens with zero attached hydrogens (tertiary/aromatic N) is 5. The lowest BCUT2D eigenvalue weighted by Gasteiger charge is -2.13. The maximum Gasteiger partial charge on any atom is 0.258 e. The van der Waals surface area contributed by atoms with E-state index in [9.17, 15) is 4.79 Å². The van der Waals surface area contributed by atoms with Crippen LogP contribution in [0, 0.1) is 6.92 Å². The van der Waals surface area contributed by atoms with Crippen LogP contribution in [0.1, 0.15) is 15.9 Å². The molecule has 2 aromatic heterocycles. The molecule has 0 aliphatic carbocycles. The Hall–Kier alpha value is -2.68. The van der Waals surface area contributed by atoms with Crippen molar-refractivity contribution >= 4 is 57.5 Å². The normalized spacial score (nSPS) is 11.0. The lowest BCUT2D eigenvalue weighted by Crippen LogP contribution is -2.13. The second kappa shape index (κ2) is 7.98. The topological polar surface area (TPSA) is 85.6 Å². The zero-order valence-electron chi connectivity index (χ0n) is 15.3. The Morgan fingerprint density at radius 1 is 1.14 bits per heavy atom. The smallest absolute Gasteiger partial charge is 0.258 e. The van der Waals surface area contributed by atoms with Gasteiger partial charge >= 0.3 is 0 Å². The van der Waals surface area contributed by atoms with E-state index in [1.165, 1.54) is 11.8 Å². The van der Waals surface area contributed by atoms with E-state index in [4.69, 9.17) is 23.2 Å². The summed E-state index contributed by atoms with van der Waals surface area (Å²) in [7, 11) is 1.78. The van der Waals surface area contributed by atoms with Crippen LogP contribution in [-0.4, -0.2) is 31.1 Å². The predicted molar refractivity (Wildman–Crippen MR) is 114 cm³/mol. The van der Waals surface area contributed by atoms with Gasteiger partial charge in [-0.15, -0.1) is 5.10 Å². The van der Waals surface area contributed by atoms with E-state index in [2.05, 4.69) is 25.8 Å². The highest BCUT2D eigenvalue weighted by molar-refractivity contribution is 7.99. The number of carbonyl (C=O) groups excluding carboxylic acids is 1. The first kappa shape index (κ1) is 19.6. The van der Waals surface area contributed by atoms with Gasteiger partial charge in [0.1, 0.15) is 0 Å². The zero-order chi connectivity index (χ0) is 20.5. The number of halogens is 2. The highest BCUT2D eigenvalue weighted by Crippen LogP contribution is 2.36. The van der Waals surface area contributed by atoms with Crippen LogP contribution in [0.2, 0.25) is 10.0 Å². The predicted octanol–water partition coefficient (Wildman–Crippen LogP) is 4.78. The molecule has 0 aliphatic heterocycles. The van der Waals surface area contributed by atoms with Crippen LogP contribution in [0.25, 0.3) is 10.9 Å². The number of hydrogen-bond acceptors (Lipinski definition) is 6. The number of fused-ring (bicyclic) bond motifs is 1. The molecule has 4 aromatic rings. The third-order valence-electron chi connectivity index (χ3n) is 4.24. The molecular formula is C19H14Cl2N6OS. The van der Waals surface area contributed by atoms with E-state index in [0.717, 1.165) is 15.8 Å². The first-order valence-electron chi connectivity index (χ1n) is 8.49. The van der Waals surface area contributed by atoms with Crippen molar-refractivity contribution in [1.82, 2.24) is 25.2 Å². The summed E-state index contributed by atoms with van der Waals surface area (Å²) < 4.78 is 1.60. The number of anilines is 1. The Balaban J connectivity index is 1.76. The monoisotopic (exact) mass is 444 g/mol. The molecule has 7 nitrogen and oxygen atoms in total. The van der Waals surface area contributed by atoms with Crippen LogP contribution in [0.15, 0.2) is 52.6 Å². The second-order valence-corrected chi connectivity index (χ2v) is 8.00. The number of nitrogens with one attached hydrogen (secondary N) is 1. The minimum absolute atomic E-state index is 0.222. The van der Waals surface area contributed by atoms with Crippen LogP contribution >= 0.6 is 35.0 Å². The van der Waals surface area contributed by atoms with E-state index < -0.39 is 5.91 Å². The third-order valence-corrected chi connectivity index (χ3v) is 6.14. The van der Waals surface area contributed by atoms with Gasteiger partial charge in [-0.1, -0.05) is 41.4 Å². The fourth-order valence-electron chi connectivity index (χ4n) is 2.83. The molecule has 2 heterocycles. The molecule has 0 saturated carbocycles. The van der Waals surface area contributed by atoms with Gasteiger partial charge in [-0.05, 0) is 52.9 Å². The number of carbonyl (C=O) groups is 1. The van der Waals surface area contributed by atoms with Crippen molar-refractivity contribution in [1.29, 1.82) is 0 Å². The fourth-order valence-corrected chi connectivity index (χ4v) is 4.32. The first-order valence-corrected chi connectivity index (χ1v) is 10.1. The summed E-state index contributed by atoms with van der Waals surface area (Å²) in [5.74, 6) is -0.401. The quantitative estimate of drug-likeness (QED) is 0.487. The molecule has 146 valence electrons. The summed E-state index contributed by atoms with van der Waals surface area (Å²) in [6.07, 6.45) is 1.76. The van der Waals surface area contributed by atoms with Gasteiger partial charge in [0.05, 0.1) is 26.8 Å². The van der Waals surface area contributed by atoms with E-state index in [-0.39, 0.29) is 15.6 Å². The molecule has 0 aliphatic rings. The van der Waals surface area contributed by atoms with Crippen molar-refractivity contribution in [3.8, 4) is 0 Å². The zero-order valence-corrected chi connectivity index (χ0v) is 17.7. The van der Waals surface area contributed by atoms with E-state index >= 15 is 0 Å². The molecule has 0 unspecified atom stereocenters. The number of rotatable bonds is 4. The van der Waals surface area contributed by atoms with Crippen molar-refractivity contribution in [2.24, 2.45) is 7.05 Å². The van der Waals surface area contributed by atoms with Crippen molar-refractivity contribution in [2.45, 2.75) is 17.0 Å². The molecule has 0 fully saturated rings. The molecule has 1 N–H and O–H groups in total. The number of para-hydroxylation sites is 1. The van der Waals surface area contributed by atoms with Crippen LogP contribution in [-0.2, 0) is 7.05 Å². The van der Waals surface area contributed by atoms with Crippen LogP contribution in [0.3, 0.4) is 0 Å². The summed E-state index contributed by atoms with van der Waals surface area (Å²) in [5.41, 5.74) is 2.40. The Morgan fingerprint density at radius 2 is 1.86 bits per heavy atom. The molecule has 10 heteroatoms. The number of hydrogen-bond donors (Lipinski definition) is 1. The minimum atomic E-state index is -0.401. The Labute approximate surface area is 180 Å². The molecule has 2 aromatic carbocycles. The number of aromatic nitrogens is 5. The largest absolute Gasteiger partial charge is 0.320 e. The summed E-state index contributed by atoms with van der Waals surface area (Å²) in [6.45, 7) is 1.97.